The van der Waals surface area contributed by atoms with Crippen LogP contribution in [-0.4, -0.2) is 46.2 Å². The molecule has 2 heterocycles. The van der Waals surface area contributed by atoms with Crippen LogP contribution in [0, 0.1) is 10.1 Å². The average molecular weight is 498 g/mol. The number of halogens is 1. The first kappa shape index (κ1) is 23.9. The summed E-state index contributed by atoms with van der Waals surface area (Å²) in [5.74, 6) is -0.556. The summed E-state index contributed by atoms with van der Waals surface area (Å²) in [5.41, 5.74) is 2.10. The van der Waals surface area contributed by atoms with Crippen molar-refractivity contribution in [2.75, 3.05) is 19.6 Å². The molecular formula is C25H24ClN3O4S. The van der Waals surface area contributed by atoms with Gasteiger partial charge in [0.25, 0.3) is 11.6 Å². The molecule has 0 spiro atoms. The van der Waals surface area contributed by atoms with Gasteiger partial charge in [-0.1, -0.05) is 36.7 Å². The summed E-state index contributed by atoms with van der Waals surface area (Å²) >= 11 is 7.78. The van der Waals surface area contributed by atoms with Gasteiger partial charge in [0.15, 0.2) is 0 Å². The highest BCUT2D eigenvalue weighted by Gasteiger charge is 2.34. The molecule has 1 aliphatic rings. The molecule has 0 radical (unpaired) electrons. The second-order valence-corrected chi connectivity index (χ2v) is 9.56. The highest BCUT2D eigenvalue weighted by atomic mass is 35.5. The SMILES string of the molecule is CCCN(CC(=O)N1CCc2sccc2C1c1ccc(Cl)cc1)C(=O)c1cccc([N+](=O)[O-])c1. The Balaban J connectivity index is 1.60. The number of hydrogen-bond donors (Lipinski definition) is 0. The Morgan fingerprint density at radius 2 is 1.97 bits per heavy atom. The van der Waals surface area contributed by atoms with Gasteiger partial charge in [-0.2, -0.15) is 0 Å². The molecule has 0 fully saturated rings. The quantitative estimate of drug-likeness (QED) is 0.326. The number of carbonyl (C=O) groups is 2. The van der Waals surface area contributed by atoms with Gasteiger partial charge in [0.2, 0.25) is 5.91 Å². The summed E-state index contributed by atoms with van der Waals surface area (Å²) in [6.07, 6.45) is 1.42. The molecule has 7 nitrogen and oxygen atoms in total. The first-order chi connectivity index (χ1) is 16.4. The van der Waals surface area contributed by atoms with Gasteiger partial charge in [-0.05, 0) is 53.6 Å². The number of carbonyl (C=O) groups excluding carboxylic acids is 2. The summed E-state index contributed by atoms with van der Waals surface area (Å²) in [7, 11) is 0. The molecule has 1 atom stereocenters. The number of non-ortho nitro benzene ring substituents is 1. The fourth-order valence-electron chi connectivity index (χ4n) is 4.30. The summed E-state index contributed by atoms with van der Waals surface area (Å²) in [5, 5.41) is 13.8. The van der Waals surface area contributed by atoms with E-state index < -0.39 is 10.8 Å². The largest absolute Gasteiger partial charge is 0.330 e. The molecule has 3 aromatic rings. The molecule has 1 aromatic heterocycles. The lowest BCUT2D eigenvalue weighted by atomic mass is 9.93. The Hall–Kier alpha value is -3.23. The number of nitro groups is 1. The topological polar surface area (TPSA) is 83.8 Å². The van der Waals surface area contributed by atoms with Crippen molar-refractivity contribution < 1.29 is 14.5 Å². The zero-order chi connectivity index (χ0) is 24.2. The summed E-state index contributed by atoms with van der Waals surface area (Å²) in [6.45, 7) is 2.74. The molecular weight excluding hydrogens is 474 g/mol. The van der Waals surface area contributed by atoms with Crippen LogP contribution in [0.5, 0.6) is 0 Å². The molecule has 0 saturated carbocycles. The minimum absolute atomic E-state index is 0.0983. The fraction of sp³-hybridized carbons (Fsp3) is 0.280. The Bertz CT molecular complexity index is 1210. The van der Waals surface area contributed by atoms with E-state index in [2.05, 4.69) is 6.07 Å². The molecule has 9 heteroatoms. The van der Waals surface area contributed by atoms with Crippen LogP contribution in [-0.2, 0) is 11.2 Å². The lowest BCUT2D eigenvalue weighted by molar-refractivity contribution is -0.384. The van der Waals surface area contributed by atoms with Crippen LogP contribution >= 0.6 is 22.9 Å². The number of hydrogen-bond acceptors (Lipinski definition) is 5. The third kappa shape index (κ3) is 4.98. The van der Waals surface area contributed by atoms with Gasteiger partial charge in [0, 0.05) is 40.7 Å². The van der Waals surface area contributed by atoms with Crippen molar-refractivity contribution in [1.29, 1.82) is 0 Å². The predicted octanol–water partition coefficient (Wildman–Crippen LogP) is 5.34. The van der Waals surface area contributed by atoms with Gasteiger partial charge in [-0.3, -0.25) is 19.7 Å². The van der Waals surface area contributed by atoms with E-state index >= 15 is 0 Å². The van der Waals surface area contributed by atoms with E-state index in [0.717, 1.165) is 17.5 Å². The lowest BCUT2D eigenvalue weighted by Gasteiger charge is -2.37. The van der Waals surface area contributed by atoms with E-state index in [1.165, 1.54) is 34.0 Å². The van der Waals surface area contributed by atoms with Crippen molar-refractivity contribution in [2.24, 2.45) is 0 Å². The summed E-state index contributed by atoms with van der Waals surface area (Å²) in [4.78, 5) is 41.9. The normalized spacial score (nSPS) is 15.0. The number of nitro benzene ring substituents is 1. The van der Waals surface area contributed by atoms with Gasteiger partial charge in [0.05, 0.1) is 11.0 Å². The minimum atomic E-state index is -0.533. The first-order valence-electron chi connectivity index (χ1n) is 11.0. The highest BCUT2D eigenvalue weighted by molar-refractivity contribution is 7.10. The van der Waals surface area contributed by atoms with E-state index in [9.17, 15) is 19.7 Å². The van der Waals surface area contributed by atoms with Crippen LogP contribution in [0.2, 0.25) is 5.02 Å². The number of fused-ring (bicyclic) bond motifs is 1. The average Bonchev–Trinajstić information content (AvgIpc) is 3.32. The first-order valence-corrected chi connectivity index (χ1v) is 12.3. The Morgan fingerprint density at radius 1 is 1.21 bits per heavy atom. The number of thiophene rings is 1. The standard InChI is InChI=1S/C25H24ClN3O4S/c1-2-12-27(25(31)18-4-3-5-20(15-18)29(32)33)16-23(30)28-13-10-22-21(11-14-34-22)24(28)17-6-8-19(26)9-7-17/h3-9,11,14-15,24H,2,10,12-13,16H2,1H3. The van der Waals surface area contributed by atoms with Crippen LogP contribution in [0.1, 0.15) is 45.7 Å². The van der Waals surface area contributed by atoms with Crippen LogP contribution in [0.15, 0.2) is 60.0 Å². The smallest absolute Gasteiger partial charge is 0.270 e. The van der Waals surface area contributed by atoms with E-state index in [0.29, 0.717) is 24.5 Å². The number of nitrogens with zero attached hydrogens (tertiary/aromatic N) is 3. The Morgan fingerprint density at radius 3 is 2.68 bits per heavy atom. The van der Waals surface area contributed by atoms with Crippen molar-refractivity contribution in [3.05, 3.63) is 96.7 Å². The molecule has 176 valence electrons. The van der Waals surface area contributed by atoms with Crippen molar-refractivity contribution >= 4 is 40.4 Å². The van der Waals surface area contributed by atoms with E-state index in [1.54, 1.807) is 11.3 Å². The van der Waals surface area contributed by atoms with Gasteiger partial charge >= 0.3 is 0 Å². The van der Waals surface area contributed by atoms with Crippen molar-refractivity contribution in [1.82, 2.24) is 9.80 Å². The molecule has 0 N–H and O–H groups in total. The van der Waals surface area contributed by atoms with Crippen LogP contribution < -0.4 is 0 Å². The van der Waals surface area contributed by atoms with Crippen LogP contribution in [0.25, 0.3) is 0 Å². The second-order valence-electron chi connectivity index (χ2n) is 8.12. The van der Waals surface area contributed by atoms with Crippen molar-refractivity contribution in [2.45, 2.75) is 25.8 Å². The van der Waals surface area contributed by atoms with Gasteiger partial charge in [-0.15, -0.1) is 11.3 Å². The molecule has 0 aliphatic carbocycles. The maximum Gasteiger partial charge on any atom is 0.270 e. The number of benzene rings is 2. The maximum atomic E-state index is 13.6. The summed E-state index contributed by atoms with van der Waals surface area (Å²) in [6, 6.07) is 14.9. The number of amides is 2. The highest BCUT2D eigenvalue weighted by Crippen LogP contribution is 2.38. The maximum absolute atomic E-state index is 13.6. The van der Waals surface area contributed by atoms with E-state index in [1.807, 2.05) is 41.5 Å². The van der Waals surface area contributed by atoms with Crippen molar-refractivity contribution in [3.8, 4) is 0 Å². The molecule has 0 saturated heterocycles. The van der Waals surface area contributed by atoms with Gasteiger partial charge in [0.1, 0.15) is 6.54 Å². The van der Waals surface area contributed by atoms with Gasteiger partial charge in [-0.25, -0.2) is 0 Å². The minimum Gasteiger partial charge on any atom is -0.330 e. The second kappa shape index (κ2) is 10.4. The zero-order valence-corrected chi connectivity index (χ0v) is 20.2. The third-order valence-electron chi connectivity index (χ3n) is 5.88. The molecule has 4 rings (SSSR count). The Labute approximate surface area is 206 Å². The van der Waals surface area contributed by atoms with Crippen LogP contribution in [0.4, 0.5) is 5.69 Å². The number of rotatable bonds is 7. The Kier molecular flexibility index (Phi) is 7.29. The third-order valence-corrected chi connectivity index (χ3v) is 7.13. The van der Waals surface area contributed by atoms with E-state index in [-0.39, 0.29) is 29.7 Å². The monoisotopic (exact) mass is 497 g/mol. The zero-order valence-electron chi connectivity index (χ0n) is 18.6. The molecule has 1 aliphatic heterocycles. The van der Waals surface area contributed by atoms with Crippen molar-refractivity contribution in [3.63, 3.8) is 0 Å². The molecule has 2 aromatic carbocycles. The molecule has 0 bridgehead atoms. The fourth-order valence-corrected chi connectivity index (χ4v) is 5.33. The predicted molar refractivity (Wildman–Crippen MR) is 132 cm³/mol. The summed E-state index contributed by atoms with van der Waals surface area (Å²) < 4.78 is 0. The lowest BCUT2D eigenvalue weighted by Crippen LogP contribution is -2.47. The molecule has 1 unspecified atom stereocenters. The van der Waals surface area contributed by atoms with E-state index in [4.69, 9.17) is 11.6 Å². The van der Waals surface area contributed by atoms with Gasteiger partial charge < -0.3 is 9.80 Å². The molecule has 34 heavy (non-hydrogen) atoms. The van der Waals surface area contributed by atoms with Crippen LogP contribution in [0.3, 0.4) is 0 Å². The molecule has 2 amide bonds.